The van der Waals surface area contributed by atoms with Crippen molar-refractivity contribution in [3.8, 4) is 11.4 Å². The van der Waals surface area contributed by atoms with Crippen LogP contribution >= 0.6 is 23.2 Å². The molecule has 0 radical (unpaired) electrons. The van der Waals surface area contributed by atoms with Crippen LogP contribution in [0.3, 0.4) is 0 Å². The van der Waals surface area contributed by atoms with Crippen molar-refractivity contribution in [2.24, 2.45) is 0 Å². The van der Waals surface area contributed by atoms with E-state index in [1.54, 1.807) is 12.3 Å². The highest BCUT2D eigenvalue weighted by Crippen LogP contribution is 2.36. The van der Waals surface area contributed by atoms with Crippen molar-refractivity contribution >= 4 is 42.6 Å². The van der Waals surface area contributed by atoms with E-state index in [-0.39, 0.29) is 26.4 Å². The largest absolute Gasteiger partial charge is 0.491 e. The van der Waals surface area contributed by atoms with E-state index in [0.717, 1.165) is 12.5 Å². The monoisotopic (exact) mass is 540 g/mol. The molecule has 3 rings (SSSR count). The summed E-state index contributed by atoms with van der Waals surface area (Å²) in [6.07, 6.45) is 3.65. The van der Waals surface area contributed by atoms with Crippen LogP contribution in [0, 0.1) is 5.82 Å². The van der Waals surface area contributed by atoms with E-state index in [1.807, 2.05) is 6.92 Å². The Labute approximate surface area is 215 Å². The van der Waals surface area contributed by atoms with E-state index in [4.69, 9.17) is 32.4 Å². The number of hydrogen-bond acceptors (Lipinski definition) is 6. The lowest BCUT2D eigenvalue weighted by Gasteiger charge is -2.36. The highest BCUT2D eigenvalue weighted by Gasteiger charge is 2.36. The molecule has 0 aliphatic rings. The molecule has 7 nitrogen and oxygen atoms in total. The molecule has 35 heavy (non-hydrogen) atoms. The summed E-state index contributed by atoms with van der Waals surface area (Å²) in [4.78, 5) is 25.5. The molecule has 190 valence electrons. The number of hydrogen-bond donors (Lipinski definition) is 0. The lowest BCUT2D eigenvalue weighted by atomic mass is 10.1. The summed E-state index contributed by atoms with van der Waals surface area (Å²) in [7, 11) is -1.85. The molecule has 0 atom stereocenters. The molecule has 0 unspecified atom stereocenters. The number of aromatic nitrogens is 4. The SMILES string of the molecule is CCCc1nccc(OCCCO[Si](C)(C)C(C)(C)C)c1-n1c(=O)nc(Cl)c2cc(F)c(Cl)nc21. The van der Waals surface area contributed by atoms with Crippen LogP contribution in [0.15, 0.2) is 23.1 Å². The fourth-order valence-corrected chi connectivity index (χ4v) is 4.74. The second kappa shape index (κ2) is 10.9. The van der Waals surface area contributed by atoms with Crippen molar-refractivity contribution in [2.75, 3.05) is 13.2 Å². The van der Waals surface area contributed by atoms with Crippen LogP contribution in [-0.4, -0.2) is 41.1 Å². The molecule has 0 saturated heterocycles. The van der Waals surface area contributed by atoms with Gasteiger partial charge in [-0.05, 0) is 30.6 Å². The quantitative estimate of drug-likeness (QED) is 0.136. The Morgan fingerprint density at radius 1 is 1.14 bits per heavy atom. The summed E-state index contributed by atoms with van der Waals surface area (Å²) in [6.45, 7) is 13.9. The van der Waals surface area contributed by atoms with E-state index in [1.165, 1.54) is 4.57 Å². The van der Waals surface area contributed by atoms with Crippen molar-refractivity contribution in [3.05, 3.63) is 50.6 Å². The van der Waals surface area contributed by atoms with Gasteiger partial charge in [0.25, 0.3) is 0 Å². The Kier molecular flexibility index (Phi) is 8.57. The Bertz CT molecular complexity index is 1280. The summed E-state index contributed by atoms with van der Waals surface area (Å²) in [5.41, 5.74) is 0.415. The molecule has 0 amide bonds. The Balaban J connectivity index is 1.99. The second-order valence-corrected chi connectivity index (χ2v) is 15.3. The first kappa shape index (κ1) is 27.5. The van der Waals surface area contributed by atoms with Crippen molar-refractivity contribution in [3.63, 3.8) is 0 Å². The molecular weight excluding hydrogens is 510 g/mol. The van der Waals surface area contributed by atoms with Gasteiger partial charge in [-0.25, -0.2) is 18.7 Å². The van der Waals surface area contributed by atoms with Crippen LogP contribution in [0.25, 0.3) is 16.7 Å². The van der Waals surface area contributed by atoms with Gasteiger partial charge in [0.1, 0.15) is 16.6 Å². The van der Waals surface area contributed by atoms with Crippen LogP contribution in [0.1, 0.15) is 46.2 Å². The average molecular weight is 542 g/mol. The van der Waals surface area contributed by atoms with E-state index < -0.39 is 19.8 Å². The van der Waals surface area contributed by atoms with Crippen molar-refractivity contribution in [1.82, 2.24) is 19.5 Å². The van der Waals surface area contributed by atoms with Crippen LogP contribution < -0.4 is 10.4 Å². The van der Waals surface area contributed by atoms with Gasteiger partial charge in [0.05, 0.1) is 17.7 Å². The highest BCUT2D eigenvalue weighted by molar-refractivity contribution is 6.74. The fraction of sp³-hybridized carbons (Fsp3) is 0.500. The van der Waals surface area contributed by atoms with E-state index in [9.17, 15) is 9.18 Å². The van der Waals surface area contributed by atoms with Crippen molar-refractivity contribution in [2.45, 2.75) is 65.1 Å². The fourth-order valence-electron chi connectivity index (χ4n) is 3.30. The van der Waals surface area contributed by atoms with Gasteiger partial charge in [-0.2, -0.15) is 4.98 Å². The minimum atomic E-state index is -1.85. The third-order valence-corrected chi connectivity index (χ3v) is 11.3. The predicted molar refractivity (Wildman–Crippen MR) is 140 cm³/mol. The van der Waals surface area contributed by atoms with Gasteiger partial charge in [-0.3, -0.25) is 4.98 Å². The number of pyridine rings is 2. The Morgan fingerprint density at radius 3 is 2.51 bits per heavy atom. The van der Waals surface area contributed by atoms with Crippen LogP contribution in [0.5, 0.6) is 5.75 Å². The summed E-state index contributed by atoms with van der Waals surface area (Å²) < 4.78 is 27.7. The van der Waals surface area contributed by atoms with Gasteiger partial charge < -0.3 is 9.16 Å². The zero-order valence-corrected chi connectivity index (χ0v) is 23.4. The van der Waals surface area contributed by atoms with Gasteiger partial charge in [0.2, 0.25) is 0 Å². The zero-order chi connectivity index (χ0) is 26.0. The van der Waals surface area contributed by atoms with Crippen molar-refractivity contribution in [1.29, 1.82) is 0 Å². The topological polar surface area (TPSA) is 79.1 Å². The van der Waals surface area contributed by atoms with E-state index in [0.29, 0.717) is 43.2 Å². The molecular formula is C24H31Cl2FN4O3Si. The van der Waals surface area contributed by atoms with Gasteiger partial charge in [0, 0.05) is 25.3 Å². The molecule has 0 saturated carbocycles. The van der Waals surface area contributed by atoms with Gasteiger partial charge in [-0.1, -0.05) is 57.3 Å². The number of fused-ring (bicyclic) bond motifs is 1. The minimum absolute atomic E-state index is 0.0814. The highest BCUT2D eigenvalue weighted by atomic mass is 35.5. The first-order chi connectivity index (χ1) is 16.4. The van der Waals surface area contributed by atoms with E-state index in [2.05, 4.69) is 48.8 Å². The Morgan fingerprint density at radius 2 is 1.86 bits per heavy atom. The average Bonchev–Trinajstić information content (AvgIpc) is 2.75. The third-order valence-electron chi connectivity index (χ3n) is 6.22. The molecule has 0 fully saturated rings. The lowest BCUT2D eigenvalue weighted by molar-refractivity contribution is 0.233. The molecule has 3 heterocycles. The molecule has 11 heteroatoms. The van der Waals surface area contributed by atoms with Crippen LogP contribution in [-0.2, 0) is 10.8 Å². The molecule has 0 bridgehead atoms. The second-order valence-electron chi connectivity index (χ2n) is 9.82. The first-order valence-corrected chi connectivity index (χ1v) is 15.2. The number of halogens is 3. The zero-order valence-electron chi connectivity index (χ0n) is 20.9. The number of ether oxygens (including phenoxy) is 1. The maximum atomic E-state index is 14.1. The summed E-state index contributed by atoms with van der Waals surface area (Å²) >= 11 is 12.1. The van der Waals surface area contributed by atoms with Gasteiger partial charge in [0.15, 0.2) is 24.9 Å². The number of nitrogens with zero attached hydrogens (tertiary/aromatic N) is 4. The van der Waals surface area contributed by atoms with Gasteiger partial charge in [-0.15, -0.1) is 0 Å². The lowest BCUT2D eigenvalue weighted by Crippen LogP contribution is -2.41. The summed E-state index contributed by atoms with van der Waals surface area (Å²) in [6, 6.07) is 2.80. The van der Waals surface area contributed by atoms with Crippen LogP contribution in [0.4, 0.5) is 4.39 Å². The molecule has 3 aromatic rings. The van der Waals surface area contributed by atoms with Crippen LogP contribution in [0.2, 0.25) is 28.4 Å². The maximum absolute atomic E-state index is 14.1. The molecule has 0 aliphatic heterocycles. The maximum Gasteiger partial charge on any atom is 0.355 e. The molecule has 0 N–H and O–H groups in total. The first-order valence-electron chi connectivity index (χ1n) is 11.6. The molecule has 0 spiro atoms. The van der Waals surface area contributed by atoms with Crippen molar-refractivity contribution < 1.29 is 13.6 Å². The smallest absolute Gasteiger partial charge is 0.355 e. The third kappa shape index (κ3) is 6.02. The number of aryl methyl sites for hydroxylation is 1. The normalized spacial score (nSPS) is 12.4. The van der Waals surface area contributed by atoms with Gasteiger partial charge >= 0.3 is 5.69 Å². The summed E-state index contributed by atoms with van der Waals surface area (Å²) in [5, 5.41) is -0.249. The Hall–Kier alpha value is -2.07. The molecule has 3 aromatic heterocycles. The predicted octanol–water partition coefficient (Wildman–Crippen LogP) is 6.36. The summed E-state index contributed by atoms with van der Waals surface area (Å²) in [5.74, 6) is -0.322. The molecule has 0 aliphatic carbocycles. The van der Waals surface area contributed by atoms with E-state index >= 15 is 0 Å². The number of rotatable bonds is 9. The minimum Gasteiger partial charge on any atom is -0.491 e. The molecule has 0 aromatic carbocycles. The standard InChI is InChI=1S/C24H31Cl2FN4O3Si/c1-7-9-17-19(31-22-15(20(25)30-23(31)32)14-16(27)21(26)29-22)18(10-11-28-17)33-12-8-13-34-35(5,6)24(2,3)4/h10-11,14H,7-9,12-13H2,1-6H3.